The van der Waals surface area contributed by atoms with Crippen LogP contribution in [0.3, 0.4) is 0 Å². The van der Waals surface area contributed by atoms with E-state index in [1.54, 1.807) is 22.3 Å². The van der Waals surface area contributed by atoms with E-state index in [2.05, 4.69) is 11.4 Å². The van der Waals surface area contributed by atoms with Crippen molar-refractivity contribution >= 4 is 23.2 Å². The lowest BCUT2D eigenvalue weighted by molar-refractivity contribution is -0.138. The maximum Gasteiger partial charge on any atom is 0.257 e. The predicted octanol–water partition coefficient (Wildman–Crippen LogP) is 3.38. The number of thiophene rings is 1. The second-order valence-electron chi connectivity index (χ2n) is 6.88. The Kier molecular flexibility index (Phi) is 4.61. The fraction of sp³-hybridized carbons (Fsp3) is 0.474. The molecule has 0 aromatic carbocycles. The van der Waals surface area contributed by atoms with Gasteiger partial charge >= 0.3 is 0 Å². The fourth-order valence-electron chi connectivity index (χ4n) is 3.51. The Bertz CT molecular complexity index is 722. The summed E-state index contributed by atoms with van der Waals surface area (Å²) in [4.78, 5) is 30.7. The number of hydrogen-bond donors (Lipinski definition) is 0. The van der Waals surface area contributed by atoms with Crippen molar-refractivity contribution in [1.29, 1.82) is 0 Å². The van der Waals surface area contributed by atoms with Crippen LogP contribution in [0.15, 0.2) is 40.5 Å². The number of carbonyl (C=O) groups is 2. The van der Waals surface area contributed by atoms with Crippen LogP contribution in [0.25, 0.3) is 0 Å². The molecule has 6 heteroatoms. The molecule has 0 radical (unpaired) electrons. The molecule has 25 heavy (non-hydrogen) atoms. The maximum atomic E-state index is 13.1. The topological polar surface area (TPSA) is 53.8 Å². The second kappa shape index (κ2) is 7.04. The molecule has 2 aromatic rings. The molecule has 1 aliphatic carbocycles. The molecule has 0 N–H and O–H groups in total. The molecular formula is C19H22N2O3S. The van der Waals surface area contributed by atoms with Gasteiger partial charge in [0.2, 0.25) is 5.91 Å². The molecule has 2 amide bonds. The number of hydrogen-bond acceptors (Lipinski definition) is 4. The highest BCUT2D eigenvalue weighted by atomic mass is 32.1. The molecule has 0 bridgehead atoms. The zero-order valence-electron chi connectivity index (χ0n) is 14.1. The summed E-state index contributed by atoms with van der Waals surface area (Å²) in [6.45, 7) is 1.92. The molecule has 1 saturated carbocycles. The third-order valence-electron chi connectivity index (χ3n) is 5.00. The Morgan fingerprint density at radius 3 is 2.84 bits per heavy atom. The summed E-state index contributed by atoms with van der Waals surface area (Å²) in [5.41, 5.74) is 0.561. The van der Waals surface area contributed by atoms with Gasteiger partial charge in [-0.1, -0.05) is 6.07 Å². The number of rotatable bonds is 5. The Labute approximate surface area is 151 Å². The lowest BCUT2D eigenvalue weighted by Gasteiger charge is -2.35. The molecule has 3 heterocycles. The molecule has 5 nitrogen and oxygen atoms in total. The van der Waals surface area contributed by atoms with E-state index in [9.17, 15) is 9.59 Å². The quantitative estimate of drug-likeness (QED) is 0.823. The van der Waals surface area contributed by atoms with Gasteiger partial charge in [-0.3, -0.25) is 9.59 Å². The van der Waals surface area contributed by atoms with E-state index in [4.69, 9.17) is 4.42 Å². The van der Waals surface area contributed by atoms with Gasteiger partial charge in [0.15, 0.2) is 0 Å². The van der Waals surface area contributed by atoms with E-state index in [0.717, 1.165) is 25.7 Å². The highest BCUT2D eigenvalue weighted by molar-refractivity contribution is 7.09. The first-order valence-electron chi connectivity index (χ1n) is 8.86. The fourth-order valence-corrected chi connectivity index (χ4v) is 4.21. The van der Waals surface area contributed by atoms with Crippen LogP contribution < -0.4 is 0 Å². The first-order valence-corrected chi connectivity index (χ1v) is 9.74. The van der Waals surface area contributed by atoms with Crippen molar-refractivity contribution < 1.29 is 14.0 Å². The highest BCUT2D eigenvalue weighted by Gasteiger charge is 2.38. The van der Waals surface area contributed by atoms with Crippen LogP contribution in [0.4, 0.5) is 0 Å². The lowest BCUT2D eigenvalue weighted by atomic mass is 9.95. The minimum Gasteiger partial charge on any atom is -0.472 e. The summed E-state index contributed by atoms with van der Waals surface area (Å²) in [7, 11) is 0. The second-order valence-corrected chi connectivity index (χ2v) is 7.91. The van der Waals surface area contributed by atoms with Crippen molar-refractivity contribution in [2.24, 2.45) is 5.92 Å². The van der Waals surface area contributed by atoms with E-state index in [0.29, 0.717) is 31.2 Å². The minimum atomic E-state index is -0.0924. The maximum absolute atomic E-state index is 13.1. The molecular weight excluding hydrogens is 336 g/mol. The van der Waals surface area contributed by atoms with E-state index >= 15 is 0 Å². The van der Waals surface area contributed by atoms with Crippen LogP contribution in [0, 0.1) is 5.92 Å². The average molecular weight is 358 g/mol. The summed E-state index contributed by atoms with van der Waals surface area (Å²) in [6, 6.07) is 6.18. The van der Waals surface area contributed by atoms with Gasteiger partial charge in [-0.25, -0.2) is 0 Å². The van der Waals surface area contributed by atoms with Crippen LogP contribution in [0.2, 0.25) is 0 Å². The number of nitrogens with zero attached hydrogens (tertiary/aromatic N) is 2. The van der Waals surface area contributed by atoms with Gasteiger partial charge in [0.05, 0.1) is 24.3 Å². The van der Waals surface area contributed by atoms with Gasteiger partial charge in [0.1, 0.15) is 6.26 Å². The Balaban J connectivity index is 1.44. The van der Waals surface area contributed by atoms with Crippen molar-refractivity contribution in [3.63, 3.8) is 0 Å². The first kappa shape index (κ1) is 16.4. The largest absolute Gasteiger partial charge is 0.472 e. The van der Waals surface area contributed by atoms with Crippen molar-refractivity contribution in [3.8, 4) is 0 Å². The monoisotopic (exact) mass is 358 g/mol. The van der Waals surface area contributed by atoms with Crippen molar-refractivity contribution in [2.45, 2.75) is 38.3 Å². The van der Waals surface area contributed by atoms with Crippen molar-refractivity contribution in [3.05, 3.63) is 46.5 Å². The molecule has 132 valence electrons. The van der Waals surface area contributed by atoms with Gasteiger partial charge in [0.25, 0.3) is 5.91 Å². The summed E-state index contributed by atoms with van der Waals surface area (Å²) >= 11 is 1.70. The molecule has 0 spiro atoms. The third kappa shape index (κ3) is 3.63. The SMILES string of the molecule is O=C(c1ccoc1)N1CCCC(C(=O)N(Cc2cccs2)C2CC2)C1. The molecule has 2 fully saturated rings. The molecule has 4 rings (SSSR count). The van der Waals surface area contributed by atoms with Gasteiger partial charge in [-0.05, 0) is 43.2 Å². The number of carbonyl (C=O) groups excluding carboxylic acids is 2. The number of likely N-dealkylation sites (tertiary alicyclic amines) is 1. The van der Waals surface area contributed by atoms with Gasteiger partial charge in [0, 0.05) is 24.0 Å². The Hall–Kier alpha value is -2.08. The minimum absolute atomic E-state index is 0.0394. The normalized spacial score (nSPS) is 20.5. The number of amides is 2. The molecule has 1 atom stereocenters. The van der Waals surface area contributed by atoms with E-state index in [-0.39, 0.29) is 17.7 Å². The summed E-state index contributed by atoms with van der Waals surface area (Å²) in [5.74, 6) is 0.0771. The Morgan fingerprint density at radius 1 is 1.28 bits per heavy atom. The van der Waals surface area contributed by atoms with Gasteiger partial charge < -0.3 is 14.2 Å². The summed E-state index contributed by atoms with van der Waals surface area (Å²) in [5, 5.41) is 2.05. The van der Waals surface area contributed by atoms with Crippen LogP contribution in [-0.2, 0) is 11.3 Å². The standard InChI is InChI=1S/C19H22N2O3S/c22-18(15-7-9-24-13-15)20-8-1-3-14(11-20)19(23)21(16-5-6-16)12-17-4-2-10-25-17/h2,4,7,9-10,13-14,16H,1,3,5-6,8,11-12H2. The zero-order chi connectivity index (χ0) is 17.2. The average Bonchev–Trinajstić information content (AvgIpc) is 3.12. The smallest absolute Gasteiger partial charge is 0.257 e. The van der Waals surface area contributed by atoms with E-state index in [1.807, 2.05) is 11.0 Å². The summed E-state index contributed by atoms with van der Waals surface area (Å²) < 4.78 is 5.02. The van der Waals surface area contributed by atoms with Crippen molar-refractivity contribution in [1.82, 2.24) is 9.80 Å². The van der Waals surface area contributed by atoms with Gasteiger partial charge in [-0.15, -0.1) is 11.3 Å². The van der Waals surface area contributed by atoms with Crippen LogP contribution in [0.1, 0.15) is 40.9 Å². The third-order valence-corrected chi connectivity index (χ3v) is 5.86. The molecule has 1 saturated heterocycles. The predicted molar refractivity (Wildman–Crippen MR) is 95.2 cm³/mol. The van der Waals surface area contributed by atoms with Crippen molar-refractivity contribution in [2.75, 3.05) is 13.1 Å². The van der Waals surface area contributed by atoms with E-state index in [1.165, 1.54) is 17.4 Å². The van der Waals surface area contributed by atoms with Crippen LogP contribution >= 0.6 is 11.3 Å². The highest BCUT2D eigenvalue weighted by Crippen LogP contribution is 2.32. The molecule has 1 unspecified atom stereocenters. The Morgan fingerprint density at radius 2 is 2.16 bits per heavy atom. The van der Waals surface area contributed by atoms with E-state index < -0.39 is 0 Å². The number of piperidine rings is 1. The molecule has 1 aliphatic heterocycles. The lowest BCUT2D eigenvalue weighted by Crippen LogP contribution is -2.47. The van der Waals surface area contributed by atoms with Crippen LogP contribution in [0.5, 0.6) is 0 Å². The molecule has 2 aliphatic rings. The molecule has 2 aromatic heterocycles. The number of furan rings is 1. The van der Waals surface area contributed by atoms with Gasteiger partial charge in [-0.2, -0.15) is 0 Å². The summed E-state index contributed by atoms with van der Waals surface area (Å²) in [6.07, 6.45) is 6.92. The first-order chi connectivity index (χ1) is 12.2. The zero-order valence-corrected chi connectivity index (χ0v) is 14.9. The van der Waals surface area contributed by atoms with Crippen LogP contribution in [-0.4, -0.2) is 40.7 Å².